The van der Waals surface area contributed by atoms with Crippen LogP contribution in [0.2, 0.25) is 5.15 Å². The van der Waals surface area contributed by atoms with Crippen molar-refractivity contribution < 1.29 is 5.11 Å². The van der Waals surface area contributed by atoms with Crippen LogP contribution in [0, 0.1) is 13.8 Å². The average molecular weight is 326 g/mol. The number of aliphatic hydroxyl groups excluding tert-OH is 1. The Morgan fingerprint density at radius 3 is 2.48 bits per heavy atom. The van der Waals surface area contributed by atoms with E-state index in [1.807, 2.05) is 47.1 Å². The van der Waals surface area contributed by atoms with Gasteiger partial charge in [-0.15, -0.1) is 0 Å². The molecule has 0 saturated carbocycles. The van der Waals surface area contributed by atoms with Gasteiger partial charge in [0.15, 0.2) is 5.56 Å². The minimum Gasteiger partial charge on any atom is -0.369 e. The summed E-state index contributed by atoms with van der Waals surface area (Å²) in [7, 11) is 5.53. The van der Waals surface area contributed by atoms with Crippen molar-refractivity contribution in [3.05, 3.63) is 34.5 Å². The molecule has 0 aliphatic rings. The van der Waals surface area contributed by atoms with Crippen molar-refractivity contribution in [2.75, 3.05) is 14.1 Å². The normalized spacial score (nSPS) is 13.0. The van der Waals surface area contributed by atoms with Gasteiger partial charge in [0.05, 0.1) is 5.69 Å². The van der Waals surface area contributed by atoms with E-state index in [2.05, 4.69) is 11.2 Å². The fraction of sp³-hybridized carbons (Fsp3) is 0.400. The second-order valence-corrected chi connectivity index (χ2v) is 6.73. The highest BCUT2D eigenvalue weighted by Crippen LogP contribution is 2.32. The fourth-order valence-corrected chi connectivity index (χ4v) is 2.99. The molecule has 1 unspecified atom stereocenters. The number of hydrogen-bond acceptors (Lipinski definition) is 4. The first kappa shape index (κ1) is 16.4. The minimum atomic E-state index is -0.555. The van der Waals surface area contributed by atoms with Crippen LogP contribution in [0.1, 0.15) is 11.1 Å². The number of aryl methyl sites for hydroxylation is 2. The summed E-state index contributed by atoms with van der Waals surface area (Å²) in [5.74, 6) is 0. The number of aromatic nitrogens is 2. The van der Waals surface area contributed by atoms with E-state index in [9.17, 15) is 5.11 Å². The van der Waals surface area contributed by atoms with E-state index in [0.29, 0.717) is 5.15 Å². The van der Waals surface area contributed by atoms with Gasteiger partial charge in [-0.2, -0.15) is 5.10 Å². The number of aliphatic hydroxyl groups is 1. The summed E-state index contributed by atoms with van der Waals surface area (Å²) < 4.78 is 1.68. The van der Waals surface area contributed by atoms with E-state index < -0.39 is 5.56 Å². The third-order valence-corrected chi connectivity index (χ3v) is 5.19. The van der Waals surface area contributed by atoms with Crippen LogP contribution in [0.15, 0.2) is 23.1 Å². The zero-order valence-corrected chi connectivity index (χ0v) is 14.5. The van der Waals surface area contributed by atoms with Gasteiger partial charge >= 0.3 is 0 Å². The molecule has 0 saturated heterocycles. The number of thioether (sulfide) groups is 1. The summed E-state index contributed by atoms with van der Waals surface area (Å²) in [6.45, 7) is 4.01. The Bertz CT molecular complexity index is 655. The van der Waals surface area contributed by atoms with Crippen LogP contribution in [0.3, 0.4) is 0 Å². The number of hydrogen-bond donors (Lipinski definition) is 1. The number of benzene rings is 1. The van der Waals surface area contributed by atoms with E-state index in [4.69, 9.17) is 11.6 Å². The predicted octanol–water partition coefficient (Wildman–Crippen LogP) is 3.29. The Morgan fingerprint density at radius 2 is 2.00 bits per heavy atom. The maximum absolute atomic E-state index is 9.93. The first-order valence-electron chi connectivity index (χ1n) is 6.62. The summed E-state index contributed by atoms with van der Waals surface area (Å²) in [6, 6.07) is 6.11. The first-order chi connectivity index (χ1) is 9.81. The van der Waals surface area contributed by atoms with Crippen molar-refractivity contribution in [2.24, 2.45) is 7.05 Å². The molecule has 0 fully saturated rings. The van der Waals surface area contributed by atoms with Gasteiger partial charge in [-0.1, -0.05) is 29.4 Å². The molecule has 1 aromatic heterocycles. The summed E-state index contributed by atoms with van der Waals surface area (Å²) in [5.41, 5.74) is 3.47. The number of rotatable bonds is 4. The minimum absolute atomic E-state index is 0.555. The Balaban J connectivity index is 2.33. The molecule has 1 heterocycles. The van der Waals surface area contributed by atoms with E-state index in [0.717, 1.165) is 27.3 Å². The maximum atomic E-state index is 9.93. The van der Waals surface area contributed by atoms with Crippen LogP contribution >= 0.6 is 23.4 Å². The van der Waals surface area contributed by atoms with E-state index in [-0.39, 0.29) is 0 Å². The second-order valence-electron chi connectivity index (χ2n) is 5.28. The smallest absolute Gasteiger partial charge is 0.159 e. The molecule has 2 rings (SSSR count). The molecule has 0 spiro atoms. The lowest BCUT2D eigenvalue weighted by Gasteiger charge is -2.18. The van der Waals surface area contributed by atoms with Crippen LogP contribution in [-0.2, 0) is 7.05 Å². The van der Waals surface area contributed by atoms with Gasteiger partial charge in [0, 0.05) is 23.1 Å². The molecule has 1 N–H and O–H groups in total. The molecule has 0 aliphatic heterocycles. The summed E-state index contributed by atoms with van der Waals surface area (Å²) in [4.78, 5) is 2.82. The Morgan fingerprint density at radius 1 is 1.33 bits per heavy atom. The molecular formula is C15H20ClN3OS. The lowest BCUT2D eigenvalue weighted by atomic mass is 10.1. The Hall–Kier alpha value is -1.01. The SMILES string of the molecule is Cc1cc(-c2nn(C)c(Cl)c2C)ccc1SC(O)N(C)C. The zero-order chi connectivity index (χ0) is 15.7. The lowest BCUT2D eigenvalue weighted by Crippen LogP contribution is -2.23. The Labute approximate surface area is 134 Å². The number of halogens is 1. The third-order valence-electron chi connectivity index (χ3n) is 3.32. The average Bonchev–Trinajstić information content (AvgIpc) is 2.68. The standard InChI is InChI=1S/C15H20ClN3OS/c1-9-8-11(13-10(2)14(16)19(5)17-13)6-7-12(9)21-15(20)18(3)4/h6-8,15,20H,1-5H3. The van der Waals surface area contributed by atoms with Crippen molar-refractivity contribution in [3.8, 4) is 11.3 Å². The largest absolute Gasteiger partial charge is 0.369 e. The third kappa shape index (κ3) is 3.43. The van der Waals surface area contributed by atoms with Crippen LogP contribution in [0.25, 0.3) is 11.3 Å². The Kier molecular flexibility index (Phi) is 4.99. The monoisotopic (exact) mass is 325 g/mol. The summed E-state index contributed by atoms with van der Waals surface area (Å²) in [5, 5.41) is 15.0. The summed E-state index contributed by atoms with van der Waals surface area (Å²) in [6.07, 6.45) is 0. The van der Waals surface area contributed by atoms with Crippen molar-refractivity contribution >= 4 is 23.4 Å². The molecule has 0 radical (unpaired) electrons. The topological polar surface area (TPSA) is 41.3 Å². The van der Waals surface area contributed by atoms with Gasteiger partial charge in [-0.25, -0.2) is 0 Å². The molecule has 21 heavy (non-hydrogen) atoms. The van der Waals surface area contributed by atoms with E-state index >= 15 is 0 Å². The van der Waals surface area contributed by atoms with Gasteiger partial charge in [0.25, 0.3) is 0 Å². The predicted molar refractivity (Wildman–Crippen MR) is 88.7 cm³/mol. The van der Waals surface area contributed by atoms with Crippen LogP contribution in [0.4, 0.5) is 0 Å². The quantitative estimate of drug-likeness (QED) is 0.692. The van der Waals surface area contributed by atoms with Crippen LogP contribution in [0.5, 0.6) is 0 Å². The van der Waals surface area contributed by atoms with Crippen LogP contribution < -0.4 is 0 Å². The van der Waals surface area contributed by atoms with Crippen molar-refractivity contribution in [3.63, 3.8) is 0 Å². The van der Waals surface area contributed by atoms with Gasteiger partial charge in [-0.05, 0) is 45.6 Å². The maximum Gasteiger partial charge on any atom is 0.159 e. The van der Waals surface area contributed by atoms with Crippen molar-refractivity contribution in [2.45, 2.75) is 24.3 Å². The fourth-order valence-electron chi connectivity index (χ4n) is 2.03. The first-order valence-corrected chi connectivity index (χ1v) is 7.88. The van der Waals surface area contributed by atoms with Gasteiger partial charge in [-0.3, -0.25) is 9.58 Å². The molecule has 0 bridgehead atoms. The molecule has 114 valence electrons. The highest BCUT2D eigenvalue weighted by Gasteiger charge is 2.15. The highest BCUT2D eigenvalue weighted by molar-refractivity contribution is 7.99. The van der Waals surface area contributed by atoms with E-state index in [1.54, 1.807) is 9.58 Å². The van der Waals surface area contributed by atoms with Gasteiger partial charge in [0.2, 0.25) is 0 Å². The van der Waals surface area contributed by atoms with E-state index in [1.165, 1.54) is 11.8 Å². The molecular weight excluding hydrogens is 306 g/mol. The molecule has 4 nitrogen and oxygen atoms in total. The molecule has 1 aromatic carbocycles. The van der Waals surface area contributed by atoms with Gasteiger partial charge in [0.1, 0.15) is 5.15 Å². The lowest BCUT2D eigenvalue weighted by molar-refractivity contribution is 0.122. The highest BCUT2D eigenvalue weighted by atomic mass is 35.5. The van der Waals surface area contributed by atoms with Crippen LogP contribution in [-0.4, -0.2) is 39.4 Å². The zero-order valence-electron chi connectivity index (χ0n) is 12.9. The molecule has 0 amide bonds. The molecule has 6 heteroatoms. The summed E-state index contributed by atoms with van der Waals surface area (Å²) >= 11 is 7.61. The van der Waals surface area contributed by atoms with Crippen molar-refractivity contribution in [1.82, 2.24) is 14.7 Å². The molecule has 1 atom stereocenters. The second kappa shape index (κ2) is 6.40. The number of nitrogens with zero attached hydrogens (tertiary/aromatic N) is 3. The van der Waals surface area contributed by atoms with Gasteiger partial charge < -0.3 is 5.11 Å². The van der Waals surface area contributed by atoms with Crippen molar-refractivity contribution in [1.29, 1.82) is 0 Å². The molecule has 0 aliphatic carbocycles. The molecule has 2 aromatic rings.